The molecule has 1 aliphatic rings. The highest BCUT2D eigenvalue weighted by Crippen LogP contribution is 2.32. The molecule has 22 heavy (non-hydrogen) atoms. The van der Waals surface area contributed by atoms with Gasteiger partial charge in [-0.3, -0.25) is 15.1 Å². The summed E-state index contributed by atoms with van der Waals surface area (Å²) in [6, 6.07) is 1.80. The van der Waals surface area contributed by atoms with Crippen molar-refractivity contribution in [1.29, 1.82) is 0 Å². The molecule has 0 aromatic carbocycles. The Morgan fingerprint density at radius 3 is 2.86 bits per heavy atom. The molecule has 9 nitrogen and oxygen atoms in total. The zero-order valence-corrected chi connectivity index (χ0v) is 12.7. The number of carbonyl (C=O) groups is 1. The number of hydrogen-bond acceptors (Lipinski definition) is 7. The Hall–Kier alpha value is -2.46. The summed E-state index contributed by atoms with van der Waals surface area (Å²) in [5, 5.41) is 14.8. The molecule has 0 aliphatic carbocycles. The standard InChI is InChI=1S/C12H14N4O5S/c1-3-20-11(17)9-6(2)15(13)12(22)14-10(9)7-4-5-8(21-7)16(18)19/h4-5,10H,3,13H2,1-2H3,(H,14,22)/t10-/m0/s1. The lowest BCUT2D eigenvalue weighted by molar-refractivity contribution is -0.402. The Balaban J connectivity index is 2.48. The summed E-state index contributed by atoms with van der Waals surface area (Å²) in [5.41, 5.74) is 0.563. The van der Waals surface area contributed by atoms with Gasteiger partial charge in [0, 0.05) is 5.70 Å². The maximum atomic E-state index is 12.2. The summed E-state index contributed by atoms with van der Waals surface area (Å²) in [5.74, 6) is 4.90. The van der Waals surface area contributed by atoms with Crippen LogP contribution in [0, 0.1) is 10.1 Å². The third kappa shape index (κ3) is 2.78. The quantitative estimate of drug-likeness (QED) is 0.275. The zero-order chi connectivity index (χ0) is 16.4. The minimum Gasteiger partial charge on any atom is -0.463 e. The first-order valence-electron chi connectivity index (χ1n) is 6.34. The van der Waals surface area contributed by atoms with Crippen molar-refractivity contribution < 1.29 is 18.9 Å². The van der Waals surface area contributed by atoms with E-state index >= 15 is 0 Å². The van der Waals surface area contributed by atoms with Crippen LogP contribution in [0.1, 0.15) is 25.6 Å². The van der Waals surface area contributed by atoms with Crippen molar-refractivity contribution in [3.8, 4) is 0 Å². The van der Waals surface area contributed by atoms with Gasteiger partial charge in [0.05, 0.1) is 18.2 Å². The van der Waals surface area contributed by atoms with Gasteiger partial charge >= 0.3 is 11.9 Å². The number of rotatable bonds is 4. The number of hydrazine groups is 1. The van der Waals surface area contributed by atoms with E-state index in [0.29, 0.717) is 5.70 Å². The molecule has 1 aromatic rings. The SMILES string of the molecule is CCOC(=O)C1=C(C)N(N)C(=S)N[C@H]1c1ccc([N+](=O)[O-])o1. The van der Waals surface area contributed by atoms with Crippen LogP contribution in [0.4, 0.5) is 5.88 Å². The number of nitro groups is 1. The third-order valence-electron chi connectivity index (χ3n) is 3.10. The summed E-state index contributed by atoms with van der Waals surface area (Å²) in [7, 11) is 0. The summed E-state index contributed by atoms with van der Waals surface area (Å²) in [6.07, 6.45) is 0. The average molecular weight is 326 g/mol. The van der Waals surface area contributed by atoms with Gasteiger partial charge in [0.15, 0.2) is 5.11 Å². The normalized spacial score (nSPS) is 18.2. The summed E-state index contributed by atoms with van der Waals surface area (Å²) < 4.78 is 10.2. The number of nitrogens with one attached hydrogen (secondary N) is 1. The van der Waals surface area contributed by atoms with Gasteiger partial charge in [0.25, 0.3) is 0 Å². The van der Waals surface area contributed by atoms with Crippen molar-refractivity contribution in [3.05, 3.63) is 39.3 Å². The van der Waals surface area contributed by atoms with Crippen molar-refractivity contribution >= 4 is 29.2 Å². The van der Waals surface area contributed by atoms with Crippen LogP contribution in [0.3, 0.4) is 0 Å². The lowest BCUT2D eigenvalue weighted by Crippen LogP contribution is -2.50. The lowest BCUT2D eigenvalue weighted by Gasteiger charge is -2.33. The summed E-state index contributed by atoms with van der Waals surface area (Å²) in [6.45, 7) is 3.45. The van der Waals surface area contributed by atoms with Crippen molar-refractivity contribution in [2.75, 3.05) is 6.61 Å². The molecule has 0 unspecified atom stereocenters. The Labute approximate surface area is 130 Å². The maximum absolute atomic E-state index is 12.2. The molecule has 0 saturated heterocycles. The first-order valence-corrected chi connectivity index (χ1v) is 6.75. The van der Waals surface area contributed by atoms with Gasteiger partial charge in [-0.2, -0.15) is 0 Å². The minimum atomic E-state index is -0.806. The fourth-order valence-electron chi connectivity index (χ4n) is 2.04. The van der Waals surface area contributed by atoms with Crippen LogP contribution in [-0.2, 0) is 9.53 Å². The number of nitrogens with zero attached hydrogens (tertiary/aromatic N) is 2. The molecule has 0 amide bonds. The van der Waals surface area contributed by atoms with Crippen LogP contribution in [0.15, 0.2) is 27.8 Å². The molecular weight excluding hydrogens is 312 g/mol. The first-order chi connectivity index (χ1) is 10.4. The van der Waals surface area contributed by atoms with E-state index in [9.17, 15) is 14.9 Å². The van der Waals surface area contributed by atoms with Crippen LogP contribution >= 0.6 is 12.2 Å². The van der Waals surface area contributed by atoms with Crippen LogP contribution in [0.5, 0.6) is 0 Å². The Morgan fingerprint density at radius 2 is 2.32 bits per heavy atom. The van der Waals surface area contributed by atoms with Crippen molar-refractivity contribution in [2.45, 2.75) is 19.9 Å². The van der Waals surface area contributed by atoms with Crippen LogP contribution < -0.4 is 11.2 Å². The fourth-order valence-corrected chi connectivity index (χ4v) is 2.29. The van der Waals surface area contributed by atoms with E-state index in [0.717, 1.165) is 5.01 Å². The smallest absolute Gasteiger partial charge is 0.433 e. The third-order valence-corrected chi connectivity index (χ3v) is 3.41. The Morgan fingerprint density at radius 1 is 1.64 bits per heavy atom. The molecule has 1 atom stereocenters. The molecule has 3 N–H and O–H groups in total. The van der Waals surface area contributed by atoms with E-state index in [-0.39, 0.29) is 23.1 Å². The molecule has 0 bridgehead atoms. The summed E-state index contributed by atoms with van der Waals surface area (Å²) >= 11 is 5.07. The highest BCUT2D eigenvalue weighted by molar-refractivity contribution is 7.80. The molecular formula is C12H14N4O5S. The first kappa shape index (κ1) is 15.9. The molecule has 2 heterocycles. The second-order valence-electron chi connectivity index (χ2n) is 4.41. The number of esters is 1. The van der Waals surface area contributed by atoms with Gasteiger partial charge in [0.1, 0.15) is 16.7 Å². The average Bonchev–Trinajstić information content (AvgIpc) is 2.94. The van der Waals surface area contributed by atoms with E-state index < -0.39 is 22.8 Å². The second kappa shape index (κ2) is 6.12. The molecule has 2 rings (SSSR count). The molecule has 0 saturated carbocycles. The molecule has 1 aliphatic heterocycles. The van der Waals surface area contributed by atoms with E-state index in [2.05, 4.69) is 5.32 Å². The maximum Gasteiger partial charge on any atom is 0.433 e. The zero-order valence-electron chi connectivity index (χ0n) is 11.9. The van der Waals surface area contributed by atoms with Gasteiger partial charge in [-0.1, -0.05) is 0 Å². The highest BCUT2D eigenvalue weighted by atomic mass is 32.1. The van der Waals surface area contributed by atoms with Crippen molar-refractivity contribution in [1.82, 2.24) is 10.3 Å². The summed E-state index contributed by atoms with van der Waals surface area (Å²) in [4.78, 5) is 22.2. The monoisotopic (exact) mass is 326 g/mol. The van der Waals surface area contributed by atoms with Crippen molar-refractivity contribution in [2.24, 2.45) is 5.84 Å². The Kier molecular flexibility index (Phi) is 4.43. The van der Waals surface area contributed by atoms with Gasteiger partial charge in [0.2, 0.25) is 0 Å². The highest BCUT2D eigenvalue weighted by Gasteiger charge is 2.36. The predicted octanol–water partition coefficient (Wildman–Crippen LogP) is 1.13. The number of ether oxygens (including phenoxy) is 1. The predicted molar refractivity (Wildman–Crippen MR) is 79.2 cm³/mol. The van der Waals surface area contributed by atoms with E-state index in [1.807, 2.05) is 0 Å². The molecule has 0 fully saturated rings. The van der Waals surface area contributed by atoms with E-state index in [1.165, 1.54) is 12.1 Å². The fraction of sp³-hybridized carbons (Fsp3) is 0.333. The van der Waals surface area contributed by atoms with E-state index in [4.69, 9.17) is 27.2 Å². The number of allylic oxidation sites excluding steroid dienone is 1. The molecule has 10 heteroatoms. The van der Waals surface area contributed by atoms with Gasteiger partial charge < -0.3 is 14.5 Å². The van der Waals surface area contributed by atoms with Crippen LogP contribution in [0.25, 0.3) is 0 Å². The van der Waals surface area contributed by atoms with Crippen LogP contribution in [-0.4, -0.2) is 27.6 Å². The van der Waals surface area contributed by atoms with Gasteiger partial charge in [-0.15, -0.1) is 0 Å². The number of nitrogens with two attached hydrogens (primary N) is 1. The number of thiocarbonyl (C=S) groups is 1. The largest absolute Gasteiger partial charge is 0.463 e. The van der Waals surface area contributed by atoms with Gasteiger partial charge in [-0.25, -0.2) is 10.6 Å². The molecule has 118 valence electrons. The van der Waals surface area contributed by atoms with Crippen LogP contribution in [0.2, 0.25) is 0 Å². The van der Waals surface area contributed by atoms with Gasteiger partial charge in [-0.05, 0) is 32.1 Å². The number of furan rings is 1. The lowest BCUT2D eigenvalue weighted by atomic mass is 10.0. The van der Waals surface area contributed by atoms with E-state index in [1.54, 1.807) is 13.8 Å². The number of carbonyl (C=O) groups excluding carboxylic acids is 1. The van der Waals surface area contributed by atoms with Crippen molar-refractivity contribution in [3.63, 3.8) is 0 Å². The minimum absolute atomic E-state index is 0.162. The molecule has 0 spiro atoms. The molecule has 1 aromatic heterocycles. The second-order valence-corrected chi connectivity index (χ2v) is 4.79. The Bertz CT molecular complexity index is 668. The number of hydrogen-bond donors (Lipinski definition) is 2. The molecule has 0 radical (unpaired) electrons. The topological polar surface area (TPSA) is 124 Å².